The van der Waals surface area contributed by atoms with E-state index in [-0.39, 0.29) is 6.10 Å². The first-order chi connectivity index (χ1) is 9.62. The third kappa shape index (κ3) is 6.13. The summed E-state index contributed by atoms with van der Waals surface area (Å²) >= 11 is 0. The molecule has 1 heterocycles. The normalized spacial score (nSPS) is 19.8. The summed E-state index contributed by atoms with van der Waals surface area (Å²) < 4.78 is 0. The van der Waals surface area contributed by atoms with E-state index < -0.39 is 0 Å². The Labute approximate surface area is 126 Å². The monoisotopic (exact) mass is 283 g/mol. The van der Waals surface area contributed by atoms with Gasteiger partial charge in [-0.1, -0.05) is 71.6 Å². The van der Waals surface area contributed by atoms with E-state index in [2.05, 4.69) is 25.7 Å². The number of unbranched alkanes of at least 4 members (excludes halogenated alkanes) is 7. The molecule has 2 nitrogen and oxygen atoms in total. The molecule has 1 atom stereocenters. The lowest BCUT2D eigenvalue weighted by molar-refractivity contribution is -0.0690. The second-order valence-corrected chi connectivity index (χ2v) is 7.03. The van der Waals surface area contributed by atoms with Crippen LogP contribution < -0.4 is 0 Å². The molecule has 2 heteroatoms. The molecule has 0 amide bonds. The lowest BCUT2D eigenvalue weighted by Crippen LogP contribution is -2.61. The van der Waals surface area contributed by atoms with Crippen LogP contribution in [0.15, 0.2) is 0 Å². The van der Waals surface area contributed by atoms with Gasteiger partial charge in [-0.3, -0.25) is 4.90 Å². The van der Waals surface area contributed by atoms with Crippen molar-refractivity contribution >= 4 is 0 Å². The maximum absolute atomic E-state index is 9.59. The summed E-state index contributed by atoms with van der Waals surface area (Å²) in [5, 5.41) is 9.59. The molecule has 1 aliphatic rings. The van der Waals surface area contributed by atoms with Crippen molar-refractivity contribution in [2.45, 2.75) is 103 Å². The largest absolute Gasteiger partial charge is 0.390 e. The summed E-state index contributed by atoms with van der Waals surface area (Å²) in [4.78, 5) is 2.53. The highest BCUT2D eigenvalue weighted by Gasteiger charge is 2.38. The van der Waals surface area contributed by atoms with E-state index in [9.17, 15) is 5.11 Å². The van der Waals surface area contributed by atoms with Gasteiger partial charge in [-0.25, -0.2) is 0 Å². The Bertz CT molecular complexity index is 238. The Kier molecular flexibility index (Phi) is 8.79. The molecule has 0 radical (unpaired) electrons. The van der Waals surface area contributed by atoms with Gasteiger partial charge < -0.3 is 5.11 Å². The van der Waals surface area contributed by atoms with E-state index in [1.54, 1.807) is 0 Å². The molecule has 1 saturated heterocycles. The molecular formula is C18H37NO. The predicted molar refractivity (Wildman–Crippen MR) is 88.1 cm³/mol. The molecule has 0 saturated carbocycles. The summed E-state index contributed by atoms with van der Waals surface area (Å²) in [5.74, 6) is 0. The Morgan fingerprint density at radius 1 is 0.850 bits per heavy atom. The molecule has 120 valence electrons. The SMILES string of the molecule is CCCCCCCC(C)(CCCCCC)N1CC(O)C1. The van der Waals surface area contributed by atoms with Crippen LogP contribution in [0, 0.1) is 0 Å². The fourth-order valence-electron chi connectivity index (χ4n) is 3.38. The average Bonchev–Trinajstić information content (AvgIpc) is 2.40. The minimum absolute atomic E-state index is 0.0648. The Balaban J connectivity index is 2.30. The fraction of sp³-hybridized carbons (Fsp3) is 1.00. The van der Waals surface area contributed by atoms with Crippen molar-refractivity contribution in [3.05, 3.63) is 0 Å². The third-order valence-electron chi connectivity index (χ3n) is 5.01. The number of likely N-dealkylation sites (tertiary alicyclic amines) is 1. The molecule has 20 heavy (non-hydrogen) atoms. The zero-order valence-electron chi connectivity index (χ0n) is 14.2. The van der Waals surface area contributed by atoms with E-state index in [1.807, 2.05) is 0 Å². The van der Waals surface area contributed by atoms with Crippen LogP contribution in [0.1, 0.15) is 91.4 Å². The van der Waals surface area contributed by atoms with Crippen LogP contribution in [0.4, 0.5) is 0 Å². The number of hydrogen-bond donors (Lipinski definition) is 1. The Hall–Kier alpha value is -0.0800. The van der Waals surface area contributed by atoms with Crippen molar-refractivity contribution in [2.75, 3.05) is 13.1 Å². The molecular weight excluding hydrogens is 246 g/mol. The first kappa shape index (κ1) is 18.0. The minimum Gasteiger partial charge on any atom is -0.390 e. The van der Waals surface area contributed by atoms with Gasteiger partial charge in [-0.15, -0.1) is 0 Å². The number of aliphatic hydroxyl groups is 1. The van der Waals surface area contributed by atoms with Crippen molar-refractivity contribution in [3.8, 4) is 0 Å². The maximum Gasteiger partial charge on any atom is 0.0794 e. The zero-order chi connectivity index (χ0) is 14.8. The Morgan fingerprint density at radius 3 is 1.75 bits per heavy atom. The standard InChI is InChI=1S/C18H37NO/c1-4-6-8-10-12-14-18(3,13-11-9-7-5-2)19-15-17(20)16-19/h17,20H,4-16H2,1-3H3. The summed E-state index contributed by atoms with van der Waals surface area (Å²) in [6.07, 6.45) is 14.8. The lowest BCUT2D eigenvalue weighted by atomic mass is 9.84. The zero-order valence-corrected chi connectivity index (χ0v) is 14.2. The number of hydrogen-bond acceptors (Lipinski definition) is 2. The maximum atomic E-state index is 9.59. The molecule has 0 aromatic heterocycles. The Morgan fingerprint density at radius 2 is 1.30 bits per heavy atom. The number of β-amino-alcohol motifs (C(OH)–C–C–N with tert-alkyl or cyclic N) is 1. The van der Waals surface area contributed by atoms with E-state index >= 15 is 0 Å². The highest BCUT2D eigenvalue weighted by atomic mass is 16.3. The van der Waals surface area contributed by atoms with Crippen molar-refractivity contribution in [2.24, 2.45) is 0 Å². The molecule has 0 aromatic carbocycles. The quantitative estimate of drug-likeness (QED) is 0.522. The molecule has 0 aromatic rings. The fourth-order valence-corrected chi connectivity index (χ4v) is 3.38. The molecule has 0 spiro atoms. The van der Waals surface area contributed by atoms with E-state index in [0.29, 0.717) is 5.54 Å². The molecule has 1 unspecified atom stereocenters. The number of aliphatic hydroxyl groups excluding tert-OH is 1. The average molecular weight is 283 g/mol. The van der Waals surface area contributed by atoms with Crippen LogP contribution in [-0.2, 0) is 0 Å². The molecule has 1 N–H and O–H groups in total. The highest BCUT2D eigenvalue weighted by Crippen LogP contribution is 2.32. The van der Waals surface area contributed by atoms with Gasteiger partial charge in [0.25, 0.3) is 0 Å². The van der Waals surface area contributed by atoms with Gasteiger partial charge in [0, 0.05) is 18.6 Å². The molecule has 1 rings (SSSR count). The highest BCUT2D eigenvalue weighted by molar-refractivity contribution is 4.94. The number of nitrogens with zero attached hydrogens (tertiary/aromatic N) is 1. The van der Waals surface area contributed by atoms with Crippen LogP contribution in [-0.4, -0.2) is 34.7 Å². The van der Waals surface area contributed by atoms with Crippen LogP contribution in [0.3, 0.4) is 0 Å². The van der Waals surface area contributed by atoms with E-state index in [0.717, 1.165) is 13.1 Å². The van der Waals surface area contributed by atoms with Crippen LogP contribution >= 0.6 is 0 Å². The topological polar surface area (TPSA) is 23.5 Å². The summed E-state index contributed by atoms with van der Waals surface area (Å²) in [7, 11) is 0. The first-order valence-corrected chi connectivity index (χ1v) is 9.05. The molecule has 0 bridgehead atoms. The molecule has 1 aliphatic heterocycles. The van der Waals surface area contributed by atoms with Crippen LogP contribution in [0.25, 0.3) is 0 Å². The van der Waals surface area contributed by atoms with Gasteiger partial charge in [0.15, 0.2) is 0 Å². The third-order valence-corrected chi connectivity index (χ3v) is 5.01. The van der Waals surface area contributed by atoms with Gasteiger partial charge in [0.1, 0.15) is 0 Å². The first-order valence-electron chi connectivity index (χ1n) is 9.05. The van der Waals surface area contributed by atoms with Gasteiger partial charge >= 0.3 is 0 Å². The van der Waals surface area contributed by atoms with E-state index in [1.165, 1.54) is 70.6 Å². The molecule has 0 aliphatic carbocycles. The van der Waals surface area contributed by atoms with Crippen LogP contribution in [0.2, 0.25) is 0 Å². The second-order valence-electron chi connectivity index (χ2n) is 7.03. The van der Waals surface area contributed by atoms with E-state index in [4.69, 9.17) is 0 Å². The van der Waals surface area contributed by atoms with Crippen molar-refractivity contribution in [1.82, 2.24) is 4.90 Å². The smallest absolute Gasteiger partial charge is 0.0794 e. The molecule has 1 fully saturated rings. The van der Waals surface area contributed by atoms with Gasteiger partial charge in [-0.2, -0.15) is 0 Å². The summed E-state index contributed by atoms with van der Waals surface area (Å²) in [6, 6.07) is 0. The van der Waals surface area contributed by atoms with Crippen molar-refractivity contribution < 1.29 is 5.11 Å². The second kappa shape index (κ2) is 9.78. The van der Waals surface area contributed by atoms with Crippen molar-refractivity contribution in [1.29, 1.82) is 0 Å². The summed E-state index contributed by atoms with van der Waals surface area (Å²) in [6.45, 7) is 8.79. The van der Waals surface area contributed by atoms with Gasteiger partial charge in [0.2, 0.25) is 0 Å². The summed E-state index contributed by atoms with van der Waals surface area (Å²) in [5.41, 5.74) is 0.346. The van der Waals surface area contributed by atoms with Crippen molar-refractivity contribution in [3.63, 3.8) is 0 Å². The predicted octanol–water partition coefficient (Wildman–Crippen LogP) is 4.75. The van der Waals surface area contributed by atoms with Gasteiger partial charge in [-0.05, 0) is 19.8 Å². The van der Waals surface area contributed by atoms with Crippen LogP contribution in [0.5, 0.6) is 0 Å². The van der Waals surface area contributed by atoms with Gasteiger partial charge in [0.05, 0.1) is 6.10 Å². The lowest BCUT2D eigenvalue weighted by Gasteiger charge is -2.49. The minimum atomic E-state index is -0.0648. The number of rotatable bonds is 12.